The van der Waals surface area contributed by atoms with Crippen LogP contribution in [0.4, 0.5) is 0 Å². The van der Waals surface area contributed by atoms with E-state index in [1.54, 1.807) is 19.1 Å². The monoisotopic (exact) mass is 368 g/mol. The molecule has 0 spiro atoms. The fourth-order valence-corrected chi connectivity index (χ4v) is 3.60. The number of ketones is 1. The van der Waals surface area contributed by atoms with E-state index in [1.165, 1.54) is 0 Å². The highest BCUT2D eigenvalue weighted by molar-refractivity contribution is 6.30. The normalized spacial score (nSPS) is 19.8. The largest absolute Gasteiger partial charge is 0.465 e. The minimum Gasteiger partial charge on any atom is -0.465 e. The van der Waals surface area contributed by atoms with Crippen LogP contribution in [0.5, 0.6) is 0 Å². The van der Waals surface area contributed by atoms with Crippen molar-refractivity contribution >= 4 is 28.9 Å². The second-order valence-corrected chi connectivity index (χ2v) is 6.97. The number of halogens is 1. The molecule has 0 aromatic heterocycles. The Bertz CT molecular complexity index is 852. The third kappa shape index (κ3) is 3.88. The fraction of sp³-hybridized carbons (Fsp3) is 0.273. The van der Waals surface area contributed by atoms with Gasteiger partial charge in [0.05, 0.1) is 6.61 Å². The summed E-state index contributed by atoms with van der Waals surface area (Å²) in [5, 5.41) is 0.587. The standard InChI is InChI=1S/C22H21ClO3/c1-3-26-22(25)21-19(16-5-4-6-18(23)11-16)12-17(13-20(21)24)15-9-7-14(2)8-10-15/h4-11,13,19,21H,3,12H2,1-2H3/t19-,21+/m0/s1. The van der Waals surface area contributed by atoms with Crippen LogP contribution in [-0.4, -0.2) is 18.4 Å². The van der Waals surface area contributed by atoms with Crippen LogP contribution in [0.1, 0.15) is 36.0 Å². The van der Waals surface area contributed by atoms with Gasteiger partial charge < -0.3 is 4.74 Å². The van der Waals surface area contributed by atoms with Crippen LogP contribution in [0.3, 0.4) is 0 Å². The number of carbonyl (C=O) groups is 2. The first-order valence-electron chi connectivity index (χ1n) is 8.73. The Balaban J connectivity index is 2.02. The average Bonchev–Trinajstić information content (AvgIpc) is 2.61. The molecule has 3 rings (SSSR count). The van der Waals surface area contributed by atoms with E-state index in [4.69, 9.17) is 16.3 Å². The minimum atomic E-state index is -0.831. The lowest BCUT2D eigenvalue weighted by Crippen LogP contribution is -2.34. The second kappa shape index (κ2) is 7.88. The van der Waals surface area contributed by atoms with Crippen LogP contribution in [0, 0.1) is 12.8 Å². The van der Waals surface area contributed by atoms with Crippen molar-refractivity contribution in [3.05, 3.63) is 76.3 Å². The maximum atomic E-state index is 12.8. The molecule has 2 aromatic rings. The van der Waals surface area contributed by atoms with Crippen molar-refractivity contribution < 1.29 is 14.3 Å². The molecule has 2 aromatic carbocycles. The summed E-state index contributed by atoms with van der Waals surface area (Å²) in [6, 6.07) is 15.4. The van der Waals surface area contributed by atoms with Crippen LogP contribution >= 0.6 is 11.6 Å². The van der Waals surface area contributed by atoms with E-state index in [0.29, 0.717) is 11.4 Å². The molecule has 0 saturated carbocycles. The second-order valence-electron chi connectivity index (χ2n) is 6.53. The molecule has 0 fully saturated rings. The molecule has 0 unspecified atom stereocenters. The Kier molecular flexibility index (Phi) is 5.58. The van der Waals surface area contributed by atoms with Crippen LogP contribution < -0.4 is 0 Å². The molecule has 0 aliphatic heterocycles. The molecule has 2 atom stereocenters. The predicted molar refractivity (Wildman–Crippen MR) is 103 cm³/mol. The summed E-state index contributed by atoms with van der Waals surface area (Å²) in [5.74, 6) is -1.80. The van der Waals surface area contributed by atoms with Crippen molar-refractivity contribution in [2.75, 3.05) is 6.61 Å². The predicted octanol–water partition coefficient (Wildman–Crippen LogP) is 4.97. The van der Waals surface area contributed by atoms with Gasteiger partial charge >= 0.3 is 5.97 Å². The molecular formula is C22H21ClO3. The van der Waals surface area contributed by atoms with Crippen LogP contribution in [0.2, 0.25) is 5.02 Å². The number of aryl methyl sites for hydroxylation is 1. The smallest absolute Gasteiger partial charge is 0.317 e. The summed E-state index contributed by atoms with van der Waals surface area (Å²) < 4.78 is 5.17. The number of allylic oxidation sites excluding steroid dienone is 2. The summed E-state index contributed by atoms with van der Waals surface area (Å²) in [7, 11) is 0. The maximum absolute atomic E-state index is 12.8. The van der Waals surface area contributed by atoms with Gasteiger partial charge in [0.1, 0.15) is 5.92 Å². The molecule has 0 N–H and O–H groups in total. The summed E-state index contributed by atoms with van der Waals surface area (Å²) in [6.45, 7) is 4.02. The van der Waals surface area contributed by atoms with Crippen molar-refractivity contribution in [1.82, 2.24) is 0 Å². The SMILES string of the molecule is CCOC(=O)[C@H]1C(=O)C=C(c2ccc(C)cc2)C[C@H]1c1cccc(Cl)c1. The number of hydrogen-bond donors (Lipinski definition) is 0. The Morgan fingerprint density at radius 2 is 1.92 bits per heavy atom. The van der Waals surface area contributed by atoms with E-state index in [2.05, 4.69) is 0 Å². The highest BCUT2D eigenvalue weighted by Crippen LogP contribution is 2.40. The van der Waals surface area contributed by atoms with E-state index in [9.17, 15) is 9.59 Å². The molecule has 1 aliphatic carbocycles. The number of hydrogen-bond acceptors (Lipinski definition) is 3. The van der Waals surface area contributed by atoms with E-state index in [-0.39, 0.29) is 18.3 Å². The van der Waals surface area contributed by atoms with E-state index < -0.39 is 11.9 Å². The number of carbonyl (C=O) groups excluding carboxylic acids is 2. The highest BCUT2D eigenvalue weighted by Gasteiger charge is 2.39. The summed E-state index contributed by atoms with van der Waals surface area (Å²) in [4.78, 5) is 25.3. The average molecular weight is 369 g/mol. The van der Waals surface area contributed by atoms with Crippen LogP contribution in [0.25, 0.3) is 5.57 Å². The number of ether oxygens (including phenoxy) is 1. The quantitative estimate of drug-likeness (QED) is 0.565. The van der Waals surface area contributed by atoms with Crippen molar-refractivity contribution in [3.63, 3.8) is 0 Å². The molecule has 4 heteroatoms. The number of benzene rings is 2. The molecule has 0 radical (unpaired) electrons. The molecule has 134 valence electrons. The van der Waals surface area contributed by atoms with Gasteiger partial charge in [0.25, 0.3) is 0 Å². The summed E-state index contributed by atoms with van der Waals surface area (Å²) in [5.41, 5.74) is 3.97. The van der Waals surface area contributed by atoms with Crippen molar-refractivity contribution in [2.45, 2.75) is 26.2 Å². The topological polar surface area (TPSA) is 43.4 Å². The van der Waals surface area contributed by atoms with Gasteiger partial charge in [-0.3, -0.25) is 9.59 Å². The van der Waals surface area contributed by atoms with E-state index in [1.807, 2.05) is 49.4 Å². The molecule has 0 saturated heterocycles. The molecular weight excluding hydrogens is 348 g/mol. The number of rotatable bonds is 4. The lowest BCUT2D eigenvalue weighted by Gasteiger charge is -2.29. The maximum Gasteiger partial charge on any atom is 0.317 e. The van der Waals surface area contributed by atoms with Gasteiger partial charge in [0, 0.05) is 10.9 Å². The third-order valence-corrected chi connectivity index (χ3v) is 4.94. The van der Waals surface area contributed by atoms with Gasteiger partial charge in [-0.15, -0.1) is 0 Å². The molecule has 0 heterocycles. The fourth-order valence-electron chi connectivity index (χ4n) is 3.40. The van der Waals surface area contributed by atoms with Gasteiger partial charge in [-0.2, -0.15) is 0 Å². The zero-order valence-corrected chi connectivity index (χ0v) is 15.6. The van der Waals surface area contributed by atoms with Crippen molar-refractivity contribution in [1.29, 1.82) is 0 Å². The number of esters is 1. The van der Waals surface area contributed by atoms with Crippen LogP contribution in [0.15, 0.2) is 54.6 Å². The van der Waals surface area contributed by atoms with Crippen molar-refractivity contribution in [2.24, 2.45) is 5.92 Å². The molecule has 0 amide bonds. The summed E-state index contributed by atoms with van der Waals surface area (Å²) in [6.07, 6.45) is 2.17. The van der Waals surface area contributed by atoms with Crippen LogP contribution in [-0.2, 0) is 14.3 Å². The zero-order chi connectivity index (χ0) is 18.7. The molecule has 1 aliphatic rings. The Labute approximate surface area is 158 Å². The van der Waals surface area contributed by atoms with Gasteiger partial charge in [-0.05, 0) is 55.2 Å². The lowest BCUT2D eigenvalue weighted by molar-refractivity contribution is -0.151. The van der Waals surface area contributed by atoms with Crippen molar-refractivity contribution in [3.8, 4) is 0 Å². The minimum absolute atomic E-state index is 0.213. The summed E-state index contributed by atoms with van der Waals surface area (Å²) >= 11 is 6.14. The molecule has 0 bridgehead atoms. The van der Waals surface area contributed by atoms with E-state index >= 15 is 0 Å². The molecule has 3 nitrogen and oxygen atoms in total. The first-order chi connectivity index (χ1) is 12.5. The van der Waals surface area contributed by atoms with Gasteiger partial charge in [-0.25, -0.2) is 0 Å². The van der Waals surface area contributed by atoms with Gasteiger partial charge in [0.15, 0.2) is 5.78 Å². The lowest BCUT2D eigenvalue weighted by atomic mass is 9.73. The highest BCUT2D eigenvalue weighted by atomic mass is 35.5. The first kappa shape index (κ1) is 18.4. The Hall–Kier alpha value is -2.39. The molecule has 26 heavy (non-hydrogen) atoms. The first-order valence-corrected chi connectivity index (χ1v) is 9.11. The Morgan fingerprint density at radius 1 is 1.19 bits per heavy atom. The van der Waals surface area contributed by atoms with Gasteiger partial charge in [-0.1, -0.05) is 53.6 Å². The third-order valence-electron chi connectivity index (χ3n) is 4.70. The zero-order valence-electron chi connectivity index (χ0n) is 14.9. The van der Waals surface area contributed by atoms with Gasteiger partial charge in [0.2, 0.25) is 0 Å². The Morgan fingerprint density at radius 3 is 2.58 bits per heavy atom. The van der Waals surface area contributed by atoms with E-state index in [0.717, 1.165) is 22.3 Å².